The summed E-state index contributed by atoms with van der Waals surface area (Å²) < 4.78 is 25.4. The van der Waals surface area contributed by atoms with Gasteiger partial charge in [0.05, 0.1) is 26.9 Å². The average Bonchev–Trinajstić information content (AvgIpc) is 3.86. The molecule has 15 heteroatoms. The molecular formula is C51H59NO10S4. The summed E-state index contributed by atoms with van der Waals surface area (Å²) in [5.74, 6) is 2.02. The van der Waals surface area contributed by atoms with Crippen LogP contribution in [0.15, 0.2) is 54.4 Å². The number of aliphatic hydroxyl groups is 3. The number of H-pyrrole nitrogens is 1. The Morgan fingerprint density at radius 1 is 0.939 bits per heavy atom. The molecule has 0 radical (unpaired) electrons. The van der Waals surface area contributed by atoms with Crippen LogP contribution in [0.5, 0.6) is 40.2 Å². The summed E-state index contributed by atoms with van der Waals surface area (Å²) in [6.45, 7) is 4.09. The minimum atomic E-state index is -1.53. The highest BCUT2D eigenvalue weighted by Gasteiger charge is 2.66. The van der Waals surface area contributed by atoms with E-state index in [1.54, 1.807) is 22.9 Å². The Bertz CT molecular complexity index is 2570. The van der Waals surface area contributed by atoms with E-state index in [1.165, 1.54) is 23.8 Å². The number of aromatic nitrogens is 1. The van der Waals surface area contributed by atoms with Gasteiger partial charge in [-0.2, -0.15) is 0 Å². The first-order valence-corrected chi connectivity index (χ1v) is 28.1. The van der Waals surface area contributed by atoms with Crippen LogP contribution in [0.25, 0.3) is 16.7 Å². The number of benzene rings is 3. The standard InChI is InChI=1S/C51H59NO10S4/c1-26(2)8-14-60-39-20-36(45(56)47(59-3)46(39)57)51-11-10-50-9-6-27-17-35-33-19-30(55)4-5-31(33)41-37(61-15-13-53)21-38(62-51)42(44(50)48(51)58)43(41)49(35,24-54)25-64-63-23-34-32(28-7-12-52-22-28)16-29(27)18-40(34)65-66-50/h4-5,7,12,19-22,26-27,29,35,40,44,48,52-58H,6,8-11,13-18,23-25H2,1-3H3/t27-,29+,35+,40+,44+,48+,49-,50+,51-/m0/s1. The molecule has 0 unspecified atom stereocenters. The number of fused-ring (bicyclic) bond motifs is 8. The van der Waals surface area contributed by atoms with Crippen LogP contribution >= 0.6 is 43.2 Å². The zero-order valence-electron chi connectivity index (χ0n) is 37.5. The lowest BCUT2D eigenvalue weighted by Crippen LogP contribution is -2.61. The van der Waals surface area contributed by atoms with Crippen molar-refractivity contribution in [2.75, 3.05) is 45.0 Å². The van der Waals surface area contributed by atoms with Gasteiger partial charge in [0.2, 0.25) is 11.5 Å². The van der Waals surface area contributed by atoms with Crippen molar-refractivity contribution in [3.05, 3.63) is 82.2 Å². The number of phenols is 3. The summed E-state index contributed by atoms with van der Waals surface area (Å²) in [5.41, 5.74) is 6.39. The van der Waals surface area contributed by atoms with E-state index >= 15 is 0 Å². The third-order valence-electron chi connectivity index (χ3n) is 16.3. The number of aliphatic hydroxyl groups excluding tert-OH is 3. The second kappa shape index (κ2) is 17.2. The fraction of sp³-hybridized carbons (Fsp3) is 0.529. The lowest BCUT2D eigenvalue weighted by molar-refractivity contribution is -0.125. The summed E-state index contributed by atoms with van der Waals surface area (Å²) in [6, 6.07) is 11.3. The van der Waals surface area contributed by atoms with Crippen molar-refractivity contribution >= 4 is 48.7 Å². The Morgan fingerprint density at radius 2 is 1.79 bits per heavy atom. The zero-order valence-corrected chi connectivity index (χ0v) is 40.8. The molecule has 1 aromatic heterocycles. The van der Waals surface area contributed by atoms with Crippen molar-refractivity contribution in [2.24, 2.45) is 17.8 Å². The second-order valence-electron chi connectivity index (χ2n) is 19.9. The van der Waals surface area contributed by atoms with Gasteiger partial charge in [0, 0.05) is 68.0 Å². The Hall–Kier alpha value is -3.44. The third-order valence-corrected chi connectivity index (χ3v) is 22.5. The van der Waals surface area contributed by atoms with Crippen LogP contribution in [0.2, 0.25) is 0 Å². The number of methoxy groups -OCH3 is 1. The van der Waals surface area contributed by atoms with Gasteiger partial charge in [-0.15, -0.1) is 0 Å². The maximum atomic E-state index is 13.8. The number of ether oxygens (including phenoxy) is 4. The normalized spacial score (nSPS) is 31.6. The smallest absolute Gasteiger partial charge is 0.207 e. The molecule has 3 fully saturated rings. The van der Waals surface area contributed by atoms with E-state index < -0.39 is 27.8 Å². The Balaban J connectivity index is 1.22. The molecule has 352 valence electrons. The molecule has 11 nitrogen and oxygen atoms in total. The van der Waals surface area contributed by atoms with E-state index in [4.69, 9.17) is 18.9 Å². The molecule has 1 saturated carbocycles. The molecule has 9 atom stereocenters. The van der Waals surface area contributed by atoms with E-state index in [-0.39, 0.29) is 71.2 Å². The van der Waals surface area contributed by atoms with Crippen LogP contribution in [0.1, 0.15) is 105 Å². The van der Waals surface area contributed by atoms with Crippen LogP contribution in [0.4, 0.5) is 0 Å². The molecule has 3 aromatic carbocycles. The first kappa shape index (κ1) is 45.0. The fourth-order valence-electron chi connectivity index (χ4n) is 13.0. The van der Waals surface area contributed by atoms with Gasteiger partial charge in [-0.3, -0.25) is 0 Å². The van der Waals surface area contributed by atoms with E-state index in [9.17, 15) is 30.6 Å². The first-order valence-electron chi connectivity index (χ1n) is 23.4. The number of phenolic OH excluding ortho intramolecular Hbond substituents is 3. The predicted octanol–water partition coefficient (Wildman–Crippen LogP) is 10.0. The Kier molecular flexibility index (Phi) is 11.7. The van der Waals surface area contributed by atoms with E-state index in [2.05, 4.69) is 31.1 Å². The van der Waals surface area contributed by atoms with Crippen LogP contribution < -0.4 is 18.9 Å². The van der Waals surface area contributed by atoms with Crippen molar-refractivity contribution in [3.63, 3.8) is 0 Å². The molecule has 4 aliphatic heterocycles. The van der Waals surface area contributed by atoms with E-state index in [0.717, 1.165) is 72.1 Å². The highest BCUT2D eigenvalue weighted by molar-refractivity contribution is 8.77. The van der Waals surface area contributed by atoms with Gasteiger partial charge in [-0.1, -0.05) is 63.1 Å². The minimum absolute atomic E-state index is 0.00316. The first-order chi connectivity index (χ1) is 32.0. The molecule has 8 aliphatic rings. The number of aromatic hydroxyl groups is 3. The molecule has 12 rings (SSSR count). The average molecular weight is 974 g/mol. The van der Waals surface area contributed by atoms with Crippen molar-refractivity contribution in [2.45, 2.75) is 104 Å². The van der Waals surface area contributed by atoms with E-state index in [0.29, 0.717) is 48.5 Å². The van der Waals surface area contributed by atoms with E-state index in [1.807, 2.05) is 56.8 Å². The SMILES string of the molecule is COc1c(O)c(OCCC(C)C)cc([C@@]23CC[C@@]45CC[C@H]6C[C@@H]7c8cc(O)ccc8-c8c(OCCO)cc(c(c8[C@@]7(CO)CSSCC7=C(c8cc[nH]c8)C[C@@H]6C[C@H]7SS4)[C@@H]5[C@H]2O)O3)c1O. The van der Waals surface area contributed by atoms with Gasteiger partial charge in [0.1, 0.15) is 30.0 Å². The number of hydrogen-bond donors (Lipinski definition) is 7. The van der Waals surface area contributed by atoms with Crippen LogP contribution in [-0.4, -0.2) is 96.8 Å². The molecule has 7 N–H and O–H groups in total. The fourth-order valence-corrected chi connectivity index (χ4v) is 20.0. The highest BCUT2D eigenvalue weighted by Crippen LogP contribution is 2.72. The second-order valence-corrected chi connectivity index (χ2v) is 25.2. The summed E-state index contributed by atoms with van der Waals surface area (Å²) in [6.07, 6.45) is 9.19. The highest BCUT2D eigenvalue weighted by atomic mass is 33.1. The monoisotopic (exact) mass is 973 g/mol. The van der Waals surface area contributed by atoms with Gasteiger partial charge >= 0.3 is 0 Å². The van der Waals surface area contributed by atoms with Crippen molar-refractivity contribution in [3.8, 4) is 51.4 Å². The molecule has 4 aliphatic carbocycles. The molecular weight excluding hydrogens is 915 g/mol. The Morgan fingerprint density at radius 3 is 2.56 bits per heavy atom. The van der Waals surface area contributed by atoms with Crippen LogP contribution in [0, 0.1) is 17.8 Å². The maximum absolute atomic E-state index is 13.8. The molecule has 4 aromatic rings. The largest absolute Gasteiger partial charge is 0.508 e. The van der Waals surface area contributed by atoms with Crippen molar-refractivity contribution in [1.82, 2.24) is 4.98 Å². The topological polar surface area (TPSA) is 174 Å². The maximum Gasteiger partial charge on any atom is 0.207 e. The van der Waals surface area contributed by atoms with Crippen LogP contribution in [-0.2, 0) is 11.0 Å². The Labute approximate surface area is 401 Å². The summed E-state index contributed by atoms with van der Waals surface area (Å²) in [4.78, 5) is 3.34. The quantitative estimate of drug-likeness (QED) is 0.0708. The number of nitrogens with one attached hydrogen (secondary N) is 1. The zero-order chi connectivity index (χ0) is 45.7. The van der Waals surface area contributed by atoms with Crippen molar-refractivity contribution in [1.29, 1.82) is 0 Å². The number of allylic oxidation sites excluding steroid dienone is 1. The summed E-state index contributed by atoms with van der Waals surface area (Å²) in [5, 5.41) is 71.9. The molecule has 66 heavy (non-hydrogen) atoms. The summed E-state index contributed by atoms with van der Waals surface area (Å²) in [7, 11) is 8.91. The molecule has 0 amide bonds. The predicted molar refractivity (Wildman–Crippen MR) is 264 cm³/mol. The molecule has 10 bridgehead atoms. The van der Waals surface area contributed by atoms with Crippen molar-refractivity contribution < 1.29 is 49.6 Å². The molecule has 2 saturated heterocycles. The van der Waals surface area contributed by atoms with Crippen LogP contribution in [0.3, 0.4) is 0 Å². The van der Waals surface area contributed by atoms with Gasteiger partial charge in [-0.25, -0.2) is 0 Å². The lowest BCUT2D eigenvalue weighted by atomic mass is 9.52. The number of hydrogen-bond acceptors (Lipinski definition) is 14. The minimum Gasteiger partial charge on any atom is -0.508 e. The number of aromatic amines is 1. The van der Waals surface area contributed by atoms with Gasteiger partial charge in [0.15, 0.2) is 17.1 Å². The van der Waals surface area contributed by atoms with Gasteiger partial charge in [0.25, 0.3) is 0 Å². The van der Waals surface area contributed by atoms with Gasteiger partial charge in [-0.05, 0) is 133 Å². The third kappa shape index (κ3) is 6.81. The number of rotatable bonds is 11. The van der Waals surface area contributed by atoms with Gasteiger partial charge < -0.3 is 54.6 Å². The lowest BCUT2D eigenvalue weighted by Gasteiger charge is -2.60. The molecule has 1 spiro atoms. The summed E-state index contributed by atoms with van der Waals surface area (Å²) >= 11 is 0. The molecule has 5 heterocycles.